The summed E-state index contributed by atoms with van der Waals surface area (Å²) in [5, 5.41) is 15.3. The zero-order chi connectivity index (χ0) is 19.8. The van der Waals surface area contributed by atoms with Crippen LogP contribution >= 0.6 is 0 Å². The number of rotatable bonds is 4. The second-order valence-corrected chi connectivity index (χ2v) is 6.75. The lowest BCUT2D eigenvalue weighted by Gasteiger charge is -2.11. The molecule has 0 saturated carbocycles. The van der Waals surface area contributed by atoms with Crippen LogP contribution in [0.4, 0.5) is 11.5 Å². The zero-order valence-electron chi connectivity index (χ0n) is 15.7. The van der Waals surface area contributed by atoms with Crippen molar-refractivity contribution in [1.29, 1.82) is 0 Å². The van der Waals surface area contributed by atoms with Gasteiger partial charge in [-0.2, -0.15) is 0 Å². The highest BCUT2D eigenvalue weighted by Crippen LogP contribution is 2.34. The number of phenolic OH excluding ortho intramolecular Hbond substituents is 1. The van der Waals surface area contributed by atoms with Crippen molar-refractivity contribution in [1.82, 2.24) is 15.0 Å². The van der Waals surface area contributed by atoms with Gasteiger partial charge in [0.05, 0.1) is 12.6 Å². The van der Waals surface area contributed by atoms with Crippen molar-refractivity contribution < 1.29 is 9.84 Å². The zero-order valence-corrected chi connectivity index (χ0v) is 15.7. The van der Waals surface area contributed by atoms with Gasteiger partial charge in [0.15, 0.2) is 11.5 Å². The molecule has 2 aromatic heterocycles. The summed E-state index contributed by atoms with van der Waals surface area (Å²) < 4.78 is 5.24. The number of aromatic hydroxyl groups is 1. The first kappa shape index (κ1) is 17.1. The number of ether oxygens (including phenoxy) is 1. The van der Waals surface area contributed by atoms with Gasteiger partial charge in [0.1, 0.15) is 12.1 Å². The smallest absolute Gasteiger partial charge is 0.161 e. The predicted octanol–water partition coefficient (Wildman–Crippen LogP) is 5.24. The summed E-state index contributed by atoms with van der Waals surface area (Å²) in [5.41, 5.74) is 4.76. The van der Waals surface area contributed by atoms with E-state index in [0.717, 1.165) is 44.4 Å². The van der Waals surface area contributed by atoms with Crippen LogP contribution in [0.25, 0.3) is 32.9 Å². The predicted molar refractivity (Wildman–Crippen MR) is 115 cm³/mol. The van der Waals surface area contributed by atoms with E-state index in [1.807, 2.05) is 48.7 Å². The number of phenols is 1. The Morgan fingerprint density at radius 1 is 0.931 bits per heavy atom. The van der Waals surface area contributed by atoms with E-state index in [2.05, 4.69) is 32.4 Å². The van der Waals surface area contributed by atoms with E-state index in [0.29, 0.717) is 5.75 Å². The Morgan fingerprint density at radius 2 is 1.79 bits per heavy atom. The van der Waals surface area contributed by atoms with Crippen molar-refractivity contribution in [3.05, 3.63) is 73.2 Å². The standard InChI is InChI=1S/C23H18N4O2/c1-29-22-11-16(4-7-21(22)28)15-3-6-19-18(10-15)23(26-13-25-19)27-17-5-2-14-8-9-24-20(14)12-17/h2-13,24,28H,1H3,(H,25,26,27). The Labute approximate surface area is 166 Å². The number of hydrogen-bond acceptors (Lipinski definition) is 5. The number of anilines is 2. The normalized spacial score (nSPS) is 11.1. The summed E-state index contributed by atoms with van der Waals surface area (Å²) in [6.07, 6.45) is 3.48. The molecule has 0 atom stereocenters. The fourth-order valence-electron chi connectivity index (χ4n) is 3.46. The number of aromatic nitrogens is 3. The third kappa shape index (κ3) is 3.10. The number of nitrogens with zero attached hydrogens (tertiary/aromatic N) is 2. The van der Waals surface area contributed by atoms with Gasteiger partial charge >= 0.3 is 0 Å². The molecule has 0 spiro atoms. The molecule has 142 valence electrons. The fourth-order valence-corrected chi connectivity index (χ4v) is 3.46. The Kier molecular flexibility index (Phi) is 4.02. The molecule has 0 unspecified atom stereocenters. The fraction of sp³-hybridized carbons (Fsp3) is 0.0435. The minimum atomic E-state index is 0.113. The molecule has 29 heavy (non-hydrogen) atoms. The van der Waals surface area contributed by atoms with E-state index in [-0.39, 0.29) is 5.75 Å². The summed E-state index contributed by atoms with van der Waals surface area (Å²) in [6, 6.07) is 19.5. The van der Waals surface area contributed by atoms with Gasteiger partial charge < -0.3 is 20.1 Å². The van der Waals surface area contributed by atoms with Crippen molar-refractivity contribution in [2.45, 2.75) is 0 Å². The molecule has 6 nitrogen and oxygen atoms in total. The molecule has 6 heteroatoms. The molecule has 2 heterocycles. The van der Waals surface area contributed by atoms with Gasteiger partial charge in [-0.15, -0.1) is 0 Å². The number of nitrogens with one attached hydrogen (secondary N) is 2. The van der Waals surface area contributed by atoms with Crippen LogP contribution in [-0.2, 0) is 0 Å². The Hall–Kier alpha value is -4.06. The van der Waals surface area contributed by atoms with Gasteiger partial charge in [-0.25, -0.2) is 9.97 Å². The maximum atomic E-state index is 9.86. The first-order valence-electron chi connectivity index (χ1n) is 9.17. The molecule has 3 aromatic carbocycles. The molecular weight excluding hydrogens is 364 g/mol. The molecule has 0 amide bonds. The SMILES string of the molecule is COc1cc(-c2ccc3ncnc(Nc4ccc5cc[nH]c5c4)c3c2)ccc1O. The van der Waals surface area contributed by atoms with E-state index in [1.165, 1.54) is 7.11 Å². The maximum absolute atomic E-state index is 9.86. The third-order valence-corrected chi connectivity index (χ3v) is 4.97. The van der Waals surface area contributed by atoms with Gasteiger partial charge in [0.2, 0.25) is 0 Å². The van der Waals surface area contributed by atoms with Gasteiger partial charge in [0, 0.05) is 22.8 Å². The molecule has 0 fully saturated rings. The molecule has 3 N–H and O–H groups in total. The second-order valence-electron chi connectivity index (χ2n) is 6.75. The highest BCUT2D eigenvalue weighted by atomic mass is 16.5. The largest absolute Gasteiger partial charge is 0.504 e. The lowest BCUT2D eigenvalue weighted by molar-refractivity contribution is 0.373. The maximum Gasteiger partial charge on any atom is 0.161 e. The third-order valence-electron chi connectivity index (χ3n) is 4.97. The number of aromatic amines is 1. The molecule has 0 aliphatic rings. The van der Waals surface area contributed by atoms with E-state index in [4.69, 9.17) is 4.74 Å². The molecule has 0 radical (unpaired) electrons. The van der Waals surface area contributed by atoms with Crippen LogP contribution in [0.1, 0.15) is 0 Å². The molecule has 0 aliphatic carbocycles. The van der Waals surface area contributed by atoms with E-state index in [9.17, 15) is 5.11 Å². The summed E-state index contributed by atoms with van der Waals surface area (Å²) in [4.78, 5) is 12.1. The highest BCUT2D eigenvalue weighted by molar-refractivity contribution is 5.94. The molecular formula is C23H18N4O2. The van der Waals surface area contributed by atoms with Gasteiger partial charge in [0.25, 0.3) is 0 Å². The van der Waals surface area contributed by atoms with E-state index >= 15 is 0 Å². The first-order valence-corrected chi connectivity index (χ1v) is 9.17. The average Bonchev–Trinajstić information content (AvgIpc) is 3.22. The van der Waals surface area contributed by atoms with Crippen molar-refractivity contribution in [2.24, 2.45) is 0 Å². The second kappa shape index (κ2) is 6.83. The highest BCUT2D eigenvalue weighted by Gasteiger charge is 2.09. The van der Waals surface area contributed by atoms with Crippen LogP contribution in [0.15, 0.2) is 73.2 Å². The summed E-state index contributed by atoms with van der Waals surface area (Å²) >= 11 is 0. The van der Waals surface area contributed by atoms with Crippen molar-refractivity contribution in [3.63, 3.8) is 0 Å². The topological polar surface area (TPSA) is 83.1 Å². The molecule has 5 aromatic rings. The van der Waals surface area contributed by atoms with Crippen LogP contribution in [0, 0.1) is 0 Å². The van der Waals surface area contributed by atoms with Crippen molar-refractivity contribution in [3.8, 4) is 22.6 Å². The van der Waals surface area contributed by atoms with Crippen molar-refractivity contribution >= 4 is 33.3 Å². The molecule has 5 rings (SSSR count). The number of methoxy groups -OCH3 is 1. The molecule has 0 aliphatic heterocycles. The van der Waals surface area contributed by atoms with E-state index in [1.54, 1.807) is 12.4 Å². The summed E-state index contributed by atoms with van der Waals surface area (Å²) in [5.74, 6) is 1.28. The minimum Gasteiger partial charge on any atom is -0.504 e. The van der Waals surface area contributed by atoms with Crippen LogP contribution in [0.3, 0.4) is 0 Å². The van der Waals surface area contributed by atoms with Gasteiger partial charge in [-0.1, -0.05) is 18.2 Å². The van der Waals surface area contributed by atoms with Crippen molar-refractivity contribution in [2.75, 3.05) is 12.4 Å². The van der Waals surface area contributed by atoms with Gasteiger partial charge in [-0.05, 0) is 59.0 Å². The van der Waals surface area contributed by atoms with Crippen LogP contribution in [-0.4, -0.2) is 27.2 Å². The lowest BCUT2D eigenvalue weighted by Crippen LogP contribution is -1.96. The Balaban J connectivity index is 1.58. The summed E-state index contributed by atoms with van der Waals surface area (Å²) in [7, 11) is 1.54. The minimum absolute atomic E-state index is 0.113. The molecule has 0 saturated heterocycles. The Bertz CT molecular complexity index is 1340. The summed E-state index contributed by atoms with van der Waals surface area (Å²) in [6.45, 7) is 0. The number of fused-ring (bicyclic) bond motifs is 2. The quantitative estimate of drug-likeness (QED) is 0.396. The van der Waals surface area contributed by atoms with Crippen LogP contribution in [0.5, 0.6) is 11.5 Å². The number of hydrogen-bond donors (Lipinski definition) is 3. The first-order chi connectivity index (χ1) is 14.2. The lowest BCUT2D eigenvalue weighted by atomic mass is 10.0. The average molecular weight is 382 g/mol. The Morgan fingerprint density at radius 3 is 2.69 bits per heavy atom. The van der Waals surface area contributed by atoms with Gasteiger partial charge in [-0.3, -0.25) is 0 Å². The van der Waals surface area contributed by atoms with Crippen LogP contribution in [0.2, 0.25) is 0 Å². The number of benzene rings is 3. The van der Waals surface area contributed by atoms with Crippen LogP contribution < -0.4 is 10.1 Å². The monoisotopic (exact) mass is 382 g/mol. The van der Waals surface area contributed by atoms with E-state index < -0.39 is 0 Å². The number of H-pyrrole nitrogens is 1. The molecule has 0 bridgehead atoms.